The van der Waals surface area contributed by atoms with Crippen LogP contribution in [0.4, 0.5) is 0 Å². The summed E-state index contributed by atoms with van der Waals surface area (Å²) >= 11 is 0. The molecule has 4 nitrogen and oxygen atoms in total. The molecule has 1 heterocycles. The molecule has 2 aromatic rings. The van der Waals surface area contributed by atoms with Gasteiger partial charge in [-0.15, -0.1) is 0 Å². The van der Waals surface area contributed by atoms with Crippen molar-refractivity contribution < 1.29 is 14.4 Å². The van der Waals surface area contributed by atoms with Crippen molar-refractivity contribution in [1.29, 1.82) is 0 Å². The predicted octanol–water partition coefficient (Wildman–Crippen LogP) is 3.09. The van der Waals surface area contributed by atoms with Gasteiger partial charge in [-0.1, -0.05) is 24.2 Å². The molecule has 0 aliphatic heterocycles. The van der Waals surface area contributed by atoms with Gasteiger partial charge >= 0.3 is 5.97 Å². The van der Waals surface area contributed by atoms with Crippen molar-refractivity contribution >= 4 is 5.97 Å². The van der Waals surface area contributed by atoms with E-state index in [4.69, 9.17) is 9.63 Å². The molecule has 1 aliphatic carbocycles. The number of carbonyl (C=O) groups is 1. The Hall–Kier alpha value is -2.10. The summed E-state index contributed by atoms with van der Waals surface area (Å²) in [6, 6.07) is 7.60. The molecule has 0 bridgehead atoms. The van der Waals surface area contributed by atoms with E-state index in [-0.39, 0.29) is 5.69 Å². The first kappa shape index (κ1) is 11.0. The molecule has 3 rings (SSSR count). The number of hydrogen-bond donors (Lipinski definition) is 1. The standard InChI is InChI=1S/C14H13NO3/c1-8-2-3-9-4-5-10(6-11(8)9)13-7-12(14(16)17)15-18-13/h4-8H,2-3H2,1H3,(H,16,17). The number of aromatic nitrogens is 1. The van der Waals surface area contributed by atoms with Gasteiger partial charge in [0.2, 0.25) is 0 Å². The van der Waals surface area contributed by atoms with Crippen molar-refractivity contribution in [2.75, 3.05) is 0 Å². The van der Waals surface area contributed by atoms with E-state index in [1.165, 1.54) is 23.6 Å². The molecule has 1 aliphatic rings. The van der Waals surface area contributed by atoms with E-state index in [2.05, 4.69) is 24.2 Å². The number of benzene rings is 1. The summed E-state index contributed by atoms with van der Waals surface area (Å²) in [5, 5.41) is 12.3. The van der Waals surface area contributed by atoms with E-state index < -0.39 is 5.97 Å². The van der Waals surface area contributed by atoms with E-state index in [1.807, 2.05) is 6.07 Å². The van der Waals surface area contributed by atoms with E-state index in [1.54, 1.807) is 0 Å². The lowest BCUT2D eigenvalue weighted by Crippen LogP contribution is -1.94. The van der Waals surface area contributed by atoms with Gasteiger partial charge in [-0.25, -0.2) is 4.79 Å². The molecule has 18 heavy (non-hydrogen) atoms. The minimum absolute atomic E-state index is 0.0569. The first-order valence-corrected chi connectivity index (χ1v) is 5.98. The van der Waals surface area contributed by atoms with Gasteiger partial charge in [0.25, 0.3) is 0 Å². The summed E-state index contributed by atoms with van der Waals surface area (Å²) in [5.41, 5.74) is 3.55. The van der Waals surface area contributed by atoms with Gasteiger partial charge in [-0.2, -0.15) is 0 Å². The highest BCUT2D eigenvalue weighted by atomic mass is 16.5. The Morgan fingerprint density at radius 1 is 1.44 bits per heavy atom. The monoisotopic (exact) mass is 243 g/mol. The fourth-order valence-electron chi connectivity index (χ4n) is 2.47. The molecule has 1 aromatic carbocycles. The molecular weight excluding hydrogens is 230 g/mol. The lowest BCUT2D eigenvalue weighted by molar-refractivity contribution is 0.0686. The molecule has 0 amide bonds. The number of hydrogen-bond acceptors (Lipinski definition) is 3. The predicted molar refractivity (Wildman–Crippen MR) is 65.6 cm³/mol. The summed E-state index contributed by atoms with van der Waals surface area (Å²) in [7, 11) is 0. The molecule has 0 saturated carbocycles. The van der Waals surface area contributed by atoms with Crippen LogP contribution in [0, 0.1) is 0 Å². The normalized spacial score (nSPS) is 17.7. The zero-order valence-corrected chi connectivity index (χ0v) is 10.0. The second-order valence-corrected chi connectivity index (χ2v) is 4.73. The summed E-state index contributed by atoms with van der Waals surface area (Å²) in [6.45, 7) is 2.21. The molecule has 1 aromatic heterocycles. The number of carboxylic acids is 1. The van der Waals surface area contributed by atoms with Gasteiger partial charge in [0, 0.05) is 11.6 Å². The highest BCUT2D eigenvalue weighted by Gasteiger charge is 2.20. The van der Waals surface area contributed by atoms with Crippen LogP contribution in [0.1, 0.15) is 40.9 Å². The summed E-state index contributed by atoms with van der Waals surface area (Å²) < 4.78 is 5.08. The van der Waals surface area contributed by atoms with Gasteiger partial charge < -0.3 is 9.63 Å². The van der Waals surface area contributed by atoms with Gasteiger partial charge in [0.05, 0.1) is 0 Å². The molecule has 0 fully saturated rings. The van der Waals surface area contributed by atoms with Gasteiger partial charge in [-0.05, 0) is 36.0 Å². The zero-order valence-electron chi connectivity index (χ0n) is 10.0. The van der Waals surface area contributed by atoms with Crippen LogP contribution in [0.15, 0.2) is 28.8 Å². The van der Waals surface area contributed by atoms with E-state index in [9.17, 15) is 4.79 Å². The van der Waals surface area contributed by atoms with Crippen molar-refractivity contribution in [3.8, 4) is 11.3 Å². The number of aryl methyl sites for hydroxylation is 1. The third-order valence-electron chi connectivity index (χ3n) is 3.54. The Labute approximate surface area is 104 Å². The first-order valence-electron chi connectivity index (χ1n) is 5.98. The Balaban J connectivity index is 2.01. The Morgan fingerprint density at radius 3 is 3.00 bits per heavy atom. The second kappa shape index (κ2) is 3.98. The van der Waals surface area contributed by atoms with E-state index >= 15 is 0 Å². The smallest absolute Gasteiger partial charge is 0.358 e. The minimum atomic E-state index is -1.07. The maximum absolute atomic E-state index is 10.8. The van der Waals surface area contributed by atoms with Crippen molar-refractivity contribution in [2.45, 2.75) is 25.7 Å². The Bertz CT molecular complexity index is 615. The number of rotatable bonds is 2. The molecule has 0 spiro atoms. The van der Waals surface area contributed by atoms with Crippen LogP contribution in [-0.4, -0.2) is 16.2 Å². The van der Waals surface area contributed by atoms with Crippen LogP contribution >= 0.6 is 0 Å². The fraction of sp³-hybridized carbons (Fsp3) is 0.286. The highest BCUT2D eigenvalue weighted by molar-refractivity contribution is 5.86. The SMILES string of the molecule is CC1CCc2ccc(-c3cc(C(=O)O)no3)cc21. The van der Waals surface area contributed by atoms with Crippen molar-refractivity contribution in [3.63, 3.8) is 0 Å². The second-order valence-electron chi connectivity index (χ2n) is 4.73. The van der Waals surface area contributed by atoms with E-state index in [0.29, 0.717) is 11.7 Å². The van der Waals surface area contributed by atoms with Crippen LogP contribution in [0.2, 0.25) is 0 Å². The topological polar surface area (TPSA) is 63.3 Å². The van der Waals surface area contributed by atoms with Gasteiger partial charge in [0.15, 0.2) is 11.5 Å². The average Bonchev–Trinajstić information content (AvgIpc) is 2.96. The van der Waals surface area contributed by atoms with Crippen molar-refractivity contribution in [3.05, 3.63) is 41.1 Å². The van der Waals surface area contributed by atoms with Crippen LogP contribution in [0.5, 0.6) is 0 Å². The summed E-state index contributed by atoms with van der Waals surface area (Å²) in [4.78, 5) is 10.8. The number of aromatic carboxylic acids is 1. The lowest BCUT2D eigenvalue weighted by Gasteiger charge is -2.05. The Kier molecular flexibility index (Phi) is 2.44. The zero-order chi connectivity index (χ0) is 12.7. The maximum atomic E-state index is 10.8. The third kappa shape index (κ3) is 1.70. The van der Waals surface area contributed by atoms with E-state index in [0.717, 1.165) is 12.0 Å². The molecule has 0 saturated heterocycles. The molecule has 0 radical (unpaired) electrons. The average molecular weight is 243 g/mol. The number of carboxylic acid groups (broad SMARTS) is 1. The first-order chi connectivity index (χ1) is 8.65. The minimum Gasteiger partial charge on any atom is -0.476 e. The van der Waals surface area contributed by atoms with Gasteiger partial charge in [-0.3, -0.25) is 0 Å². The quantitative estimate of drug-likeness (QED) is 0.880. The van der Waals surface area contributed by atoms with Crippen LogP contribution in [0.25, 0.3) is 11.3 Å². The van der Waals surface area contributed by atoms with Crippen molar-refractivity contribution in [1.82, 2.24) is 5.16 Å². The highest BCUT2D eigenvalue weighted by Crippen LogP contribution is 2.35. The molecule has 4 heteroatoms. The summed E-state index contributed by atoms with van der Waals surface area (Å²) in [6.07, 6.45) is 2.29. The maximum Gasteiger partial charge on any atom is 0.358 e. The fourth-order valence-corrected chi connectivity index (χ4v) is 2.47. The number of fused-ring (bicyclic) bond motifs is 1. The van der Waals surface area contributed by atoms with Crippen LogP contribution in [-0.2, 0) is 6.42 Å². The van der Waals surface area contributed by atoms with Crippen molar-refractivity contribution in [2.24, 2.45) is 0 Å². The Morgan fingerprint density at radius 2 is 2.28 bits per heavy atom. The number of nitrogens with zero attached hydrogens (tertiary/aromatic N) is 1. The van der Waals surface area contributed by atoms with Gasteiger partial charge in [0.1, 0.15) is 0 Å². The summed E-state index contributed by atoms with van der Waals surface area (Å²) in [5.74, 6) is -0.00403. The molecule has 1 N–H and O–H groups in total. The lowest BCUT2D eigenvalue weighted by atomic mass is 10.00. The molecular formula is C14H13NO3. The van der Waals surface area contributed by atoms with Crippen LogP contribution in [0.3, 0.4) is 0 Å². The third-order valence-corrected chi connectivity index (χ3v) is 3.54. The van der Waals surface area contributed by atoms with Crippen LogP contribution < -0.4 is 0 Å². The largest absolute Gasteiger partial charge is 0.476 e. The molecule has 1 unspecified atom stereocenters. The molecule has 1 atom stereocenters. The molecule has 92 valence electrons.